The summed E-state index contributed by atoms with van der Waals surface area (Å²) in [6.07, 6.45) is 0. The van der Waals surface area contributed by atoms with Crippen LogP contribution < -0.4 is 0 Å². The molecule has 0 aliphatic heterocycles. The van der Waals surface area contributed by atoms with Crippen molar-refractivity contribution in [3.8, 4) is 39.1 Å². The van der Waals surface area contributed by atoms with Gasteiger partial charge in [0.15, 0.2) is 0 Å². The molecule has 0 N–H and O–H groups in total. The Morgan fingerprint density at radius 1 is 0.343 bits per heavy atom. The highest BCUT2D eigenvalue weighted by Crippen LogP contribution is 2.54. The number of para-hydroxylation sites is 1. The summed E-state index contributed by atoms with van der Waals surface area (Å²) in [6.45, 7) is 4.85. The summed E-state index contributed by atoms with van der Waals surface area (Å²) >= 11 is 1.90. The topological polar surface area (TPSA) is 4.93 Å². The molecule has 2 heterocycles. The first-order valence-electron chi connectivity index (χ1n) is 23.4. The van der Waals surface area contributed by atoms with Crippen LogP contribution in [0.4, 0.5) is 0 Å². The van der Waals surface area contributed by atoms with Crippen LogP contribution in [0.15, 0.2) is 212 Å². The van der Waals surface area contributed by atoms with Crippen molar-refractivity contribution in [1.82, 2.24) is 4.57 Å². The largest absolute Gasteiger partial charge is 0.308 e. The van der Waals surface area contributed by atoms with Gasteiger partial charge in [0, 0.05) is 37.3 Å². The fourth-order valence-electron chi connectivity index (χ4n) is 12.3. The molecule has 0 saturated carbocycles. The molecule has 14 aromatic rings. The average molecular weight is 868 g/mol. The predicted octanol–water partition coefficient (Wildman–Crippen LogP) is 18.6. The zero-order valence-corrected chi connectivity index (χ0v) is 37.9. The summed E-state index contributed by atoms with van der Waals surface area (Å²) < 4.78 is 5.14. The molecule has 2 aromatic heterocycles. The van der Waals surface area contributed by atoms with Crippen LogP contribution in [0, 0.1) is 0 Å². The van der Waals surface area contributed by atoms with Gasteiger partial charge < -0.3 is 4.57 Å². The number of benzene rings is 12. The van der Waals surface area contributed by atoms with Crippen molar-refractivity contribution in [2.75, 3.05) is 0 Å². The number of aromatic nitrogens is 1. The smallest absolute Gasteiger partial charge is 0.0719 e. The molecule has 0 saturated heterocycles. The van der Waals surface area contributed by atoms with E-state index in [0.29, 0.717) is 0 Å². The Morgan fingerprint density at radius 3 is 1.48 bits per heavy atom. The van der Waals surface area contributed by atoms with Gasteiger partial charge in [-0.3, -0.25) is 0 Å². The maximum Gasteiger partial charge on any atom is 0.0719 e. The normalized spacial score (nSPS) is 13.3. The molecule has 1 aliphatic rings. The van der Waals surface area contributed by atoms with E-state index in [1.54, 1.807) is 0 Å². The van der Waals surface area contributed by atoms with Crippen LogP contribution in [0.25, 0.3) is 135 Å². The van der Waals surface area contributed by atoms with E-state index >= 15 is 0 Å². The molecule has 0 amide bonds. The lowest BCUT2D eigenvalue weighted by atomic mass is 9.79. The van der Waals surface area contributed by atoms with Crippen LogP contribution in [-0.2, 0) is 5.41 Å². The van der Waals surface area contributed by atoms with Crippen molar-refractivity contribution >= 4 is 107 Å². The van der Waals surface area contributed by atoms with Gasteiger partial charge in [0.2, 0.25) is 0 Å². The minimum absolute atomic E-state index is 0.192. The summed E-state index contributed by atoms with van der Waals surface area (Å²) in [7, 11) is 0. The third kappa shape index (κ3) is 5.03. The van der Waals surface area contributed by atoms with Gasteiger partial charge in [-0.25, -0.2) is 0 Å². The Labute approximate surface area is 391 Å². The van der Waals surface area contributed by atoms with Crippen molar-refractivity contribution in [1.29, 1.82) is 0 Å². The van der Waals surface area contributed by atoms with Gasteiger partial charge in [0.1, 0.15) is 0 Å². The molecule has 1 nitrogen and oxygen atoms in total. The first-order chi connectivity index (χ1) is 33.0. The predicted molar refractivity (Wildman–Crippen MR) is 290 cm³/mol. The lowest BCUT2D eigenvalue weighted by molar-refractivity contribution is 0.661. The first-order valence-corrected chi connectivity index (χ1v) is 24.2. The van der Waals surface area contributed by atoms with Crippen molar-refractivity contribution in [3.05, 3.63) is 223 Å². The average Bonchev–Trinajstić information content (AvgIpc) is 4.00. The number of rotatable bonds is 3. The molecule has 15 rings (SSSR count). The molecule has 67 heavy (non-hydrogen) atoms. The van der Waals surface area contributed by atoms with Crippen LogP contribution in [0.3, 0.4) is 0 Å². The summed E-state index contributed by atoms with van der Waals surface area (Å²) in [5.74, 6) is 0. The SMILES string of the molecule is CC1(C)c2cc(-c3c4ccccc4c(-c4ccc5c(c4)c4ccc6c7ccccc7sc6c4n5-c4ccccc4)c4ccccc34)ccc2-c2cc3c4ccccc4c4ccccc4c3cc21. The third-order valence-electron chi connectivity index (χ3n) is 15.3. The van der Waals surface area contributed by atoms with Crippen molar-refractivity contribution in [2.45, 2.75) is 19.3 Å². The third-order valence-corrected chi connectivity index (χ3v) is 16.5. The summed E-state index contributed by atoms with van der Waals surface area (Å²) in [5.41, 5.74) is 14.0. The Bertz CT molecular complexity index is 4410. The number of hydrogen-bond donors (Lipinski definition) is 0. The molecule has 0 radical (unpaired) electrons. The van der Waals surface area contributed by atoms with Crippen LogP contribution in [-0.4, -0.2) is 4.57 Å². The number of nitrogens with zero attached hydrogens (tertiary/aromatic N) is 1. The lowest BCUT2D eigenvalue weighted by Gasteiger charge is -2.23. The highest BCUT2D eigenvalue weighted by atomic mass is 32.1. The van der Waals surface area contributed by atoms with Gasteiger partial charge in [-0.1, -0.05) is 178 Å². The Kier molecular flexibility index (Phi) is 7.51. The second kappa shape index (κ2) is 13.5. The van der Waals surface area contributed by atoms with Gasteiger partial charge in [0.05, 0.1) is 15.7 Å². The molecule has 2 heteroatoms. The van der Waals surface area contributed by atoms with Gasteiger partial charge >= 0.3 is 0 Å². The standard InChI is InChI=1S/C65H41NS/c1-65(2)57-35-39(28-30-45(57)55-36-53-43-20-8-6-18-41(43)42-19-7-9-21-44(42)54(53)37-58(55)65)62-49-25-12-10-23-47(49)61(48-24-11-13-26-50(48)62)38-29-33-59-56(34-38)51-31-32-52-46-22-14-15-27-60(46)67-64(52)63(51)66(59)40-16-4-3-5-17-40/h3-37H,1-2H3. The Balaban J connectivity index is 0.949. The van der Waals surface area contributed by atoms with Crippen LogP contribution in [0.2, 0.25) is 0 Å². The van der Waals surface area contributed by atoms with Gasteiger partial charge in [-0.15, -0.1) is 11.3 Å². The monoisotopic (exact) mass is 867 g/mol. The molecule has 312 valence electrons. The highest BCUT2D eigenvalue weighted by Gasteiger charge is 2.37. The second-order valence-corrected chi connectivity index (χ2v) is 20.2. The number of fused-ring (bicyclic) bond motifs is 18. The van der Waals surface area contributed by atoms with E-state index < -0.39 is 0 Å². The van der Waals surface area contributed by atoms with E-state index in [0.717, 1.165) is 0 Å². The number of hydrogen-bond acceptors (Lipinski definition) is 1. The first kappa shape index (κ1) is 37.2. The summed E-state index contributed by atoms with van der Waals surface area (Å²) in [6, 6.07) is 80.0. The van der Waals surface area contributed by atoms with Gasteiger partial charge in [-0.05, 0) is 147 Å². The lowest BCUT2D eigenvalue weighted by Crippen LogP contribution is -2.15. The maximum atomic E-state index is 2.52. The molecule has 0 atom stereocenters. The zero-order valence-electron chi connectivity index (χ0n) is 37.1. The van der Waals surface area contributed by atoms with E-state index in [4.69, 9.17) is 0 Å². The van der Waals surface area contributed by atoms with Crippen LogP contribution >= 0.6 is 11.3 Å². The molecule has 12 aromatic carbocycles. The summed E-state index contributed by atoms with van der Waals surface area (Å²) in [4.78, 5) is 0. The minimum atomic E-state index is -0.192. The maximum absolute atomic E-state index is 2.52. The van der Waals surface area contributed by atoms with Crippen molar-refractivity contribution in [2.24, 2.45) is 0 Å². The second-order valence-electron chi connectivity index (χ2n) is 19.1. The molecule has 0 unspecified atom stereocenters. The van der Waals surface area contributed by atoms with Crippen molar-refractivity contribution in [3.63, 3.8) is 0 Å². The van der Waals surface area contributed by atoms with Gasteiger partial charge in [-0.2, -0.15) is 0 Å². The number of thiophene rings is 1. The molecule has 0 fully saturated rings. The van der Waals surface area contributed by atoms with E-state index in [1.807, 2.05) is 11.3 Å². The molecular formula is C65H41NS. The molecule has 0 spiro atoms. The Morgan fingerprint density at radius 2 is 0.836 bits per heavy atom. The molecular weight excluding hydrogens is 827 g/mol. The zero-order chi connectivity index (χ0) is 44.1. The van der Waals surface area contributed by atoms with E-state index in [1.165, 1.54) is 146 Å². The van der Waals surface area contributed by atoms with Crippen molar-refractivity contribution < 1.29 is 0 Å². The fraction of sp³-hybridized carbons (Fsp3) is 0.0462. The van der Waals surface area contributed by atoms with Crippen LogP contribution in [0.5, 0.6) is 0 Å². The van der Waals surface area contributed by atoms with E-state index in [2.05, 4.69) is 231 Å². The molecule has 1 aliphatic carbocycles. The van der Waals surface area contributed by atoms with E-state index in [9.17, 15) is 0 Å². The Hall–Kier alpha value is -8.04. The van der Waals surface area contributed by atoms with Crippen LogP contribution in [0.1, 0.15) is 25.0 Å². The quantitative estimate of drug-likeness (QED) is 0.123. The highest BCUT2D eigenvalue weighted by molar-refractivity contribution is 7.26. The van der Waals surface area contributed by atoms with E-state index in [-0.39, 0.29) is 5.41 Å². The minimum Gasteiger partial charge on any atom is -0.308 e. The van der Waals surface area contributed by atoms with Gasteiger partial charge in [0.25, 0.3) is 0 Å². The summed E-state index contributed by atoms with van der Waals surface area (Å²) in [5, 5.41) is 18.2. The fourth-order valence-corrected chi connectivity index (χ4v) is 13.6. The molecule has 0 bridgehead atoms.